The Morgan fingerprint density at radius 3 is 3.06 bits per heavy atom. The van der Waals surface area contributed by atoms with Crippen molar-refractivity contribution in [1.82, 2.24) is 5.32 Å². The average molecular weight is 249 g/mol. The molecule has 0 radical (unpaired) electrons. The van der Waals surface area contributed by atoms with E-state index in [1.165, 1.54) is 48.3 Å². The molecule has 1 atom stereocenters. The number of rotatable bonds is 6. The Kier molecular flexibility index (Phi) is 4.93. The minimum atomic E-state index is 0.638. The summed E-state index contributed by atoms with van der Waals surface area (Å²) in [7, 11) is 2.09. The lowest BCUT2D eigenvalue weighted by atomic mass is 10.00. The summed E-state index contributed by atoms with van der Waals surface area (Å²) in [5.41, 5.74) is 3.04. The second kappa shape index (κ2) is 6.46. The largest absolute Gasteiger partial charge is 0.317 e. The van der Waals surface area contributed by atoms with Crippen LogP contribution in [0.25, 0.3) is 0 Å². The molecule has 1 aromatic carbocycles. The van der Waals surface area contributed by atoms with Crippen LogP contribution in [0.5, 0.6) is 0 Å². The molecular formula is C15H23NS. The predicted molar refractivity (Wildman–Crippen MR) is 76.9 cm³/mol. The summed E-state index contributed by atoms with van der Waals surface area (Å²) in [6.45, 7) is 2.26. The molecule has 1 aliphatic rings. The molecule has 0 saturated carbocycles. The molecule has 2 rings (SSSR count). The summed E-state index contributed by atoms with van der Waals surface area (Å²) in [5.74, 6) is 1.27. The van der Waals surface area contributed by atoms with Gasteiger partial charge in [-0.05, 0) is 43.5 Å². The molecule has 0 spiro atoms. The molecule has 0 amide bonds. The molecule has 94 valence electrons. The molecule has 1 N–H and O–H groups in total. The van der Waals surface area contributed by atoms with Crippen LogP contribution in [0.1, 0.15) is 37.3 Å². The first kappa shape index (κ1) is 13.0. The molecule has 0 saturated heterocycles. The van der Waals surface area contributed by atoms with Crippen LogP contribution < -0.4 is 5.32 Å². The highest BCUT2D eigenvalue weighted by Crippen LogP contribution is 2.32. The summed E-state index contributed by atoms with van der Waals surface area (Å²) in [6, 6.07) is 7.70. The van der Waals surface area contributed by atoms with Crippen molar-refractivity contribution < 1.29 is 0 Å². The highest BCUT2D eigenvalue weighted by Gasteiger charge is 2.13. The molecule has 1 nitrogen and oxygen atoms in total. The van der Waals surface area contributed by atoms with Gasteiger partial charge >= 0.3 is 0 Å². The van der Waals surface area contributed by atoms with E-state index in [1.54, 1.807) is 5.56 Å². The molecule has 1 heterocycles. The Labute approximate surface area is 109 Å². The van der Waals surface area contributed by atoms with Crippen LogP contribution in [0.4, 0.5) is 0 Å². The molecule has 0 aromatic heterocycles. The Balaban J connectivity index is 1.97. The third kappa shape index (κ3) is 3.49. The predicted octanol–water partition coefficient (Wildman–Crippen LogP) is 3.66. The quantitative estimate of drug-likeness (QED) is 0.826. The van der Waals surface area contributed by atoms with Crippen LogP contribution in [-0.2, 0) is 12.8 Å². The fourth-order valence-corrected chi connectivity index (χ4v) is 3.55. The highest BCUT2D eigenvalue weighted by atomic mass is 32.2. The van der Waals surface area contributed by atoms with Gasteiger partial charge in [-0.1, -0.05) is 31.9 Å². The van der Waals surface area contributed by atoms with Gasteiger partial charge in [0.15, 0.2) is 0 Å². The van der Waals surface area contributed by atoms with Gasteiger partial charge < -0.3 is 5.32 Å². The zero-order chi connectivity index (χ0) is 12.1. The highest BCUT2D eigenvalue weighted by molar-refractivity contribution is 7.99. The summed E-state index contributed by atoms with van der Waals surface area (Å²) in [6.07, 6.45) is 6.33. The zero-order valence-corrected chi connectivity index (χ0v) is 11.8. The number of unbranched alkanes of at least 4 members (excludes halogenated alkanes) is 1. The van der Waals surface area contributed by atoms with Crippen molar-refractivity contribution in [2.24, 2.45) is 0 Å². The van der Waals surface area contributed by atoms with Crippen LogP contribution >= 0.6 is 11.8 Å². The average Bonchev–Trinajstić information content (AvgIpc) is 2.81. The van der Waals surface area contributed by atoms with E-state index in [2.05, 4.69) is 37.5 Å². The van der Waals surface area contributed by atoms with Gasteiger partial charge in [0.1, 0.15) is 0 Å². The molecule has 0 aliphatic carbocycles. The smallest absolute Gasteiger partial charge is 0.0107 e. The standard InChI is InChI=1S/C15H23NS/c1-3-4-5-14(16-2)10-12-6-7-13-8-9-17-15(13)11-12/h6-7,11,14,16H,3-5,8-10H2,1-2H3. The Bertz CT molecular complexity index is 362. The van der Waals surface area contributed by atoms with Gasteiger partial charge in [0.2, 0.25) is 0 Å². The van der Waals surface area contributed by atoms with Crippen molar-refractivity contribution in [3.05, 3.63) is 29.3 Å². The van der Waals surface area contributed by atoms with Crippen molar-refractivity contribution in [2.45, 2.75) is 50.0 Å². The van der Waals surface area contributed by atoms with E-state index in [9.17, 15) is 0 Å². The number of thioether (sulfide) groups is 1. The van der Waals surface area contributed by atoms with Gasteiger partial charge in [-0.25, -0.2) is 0 Å². The molecule has 0 fully saturated rings. The maximum absolute atomic E-state index is 3.45. The van der Waals surface area contributed by atoms with Crippen LogP contribution in [0.15, 0.2) is 23.1 Å². The normalized spacial score (nSPS) is 15.9. The van der Waals surface area contributed by atoms with Crippen LogP contribution in [0.2, 0.25) is 0 Å². The fraction of sp³-hybridized carbons (Fsp3) is 0.600. The number of fused-ring (bicyclic) bond motifs is 1. The van der Waals surface area contributed by atoms with E-state index in [0.717, 1.165) is 0 Å². The van der Waals surface area contributed by atoms with Gasteiger partial charge in [-0.3, -0.25) is 0 Å². The van der Waals surface area contributed by atoms with Crippen LogP contribution in [0.3, 0.4) is 0 Å². The van der Waals surface area contributed by atoms with E-state index >= 15 is 0 Å². The van der Waals surface area contributed by atoms with Crippen LogP contribution in [0, 0.1) is 0 Å². The maximum atomic E-state index is 3.45. The molecule has 1 unspecified atom stereocenters. The monoisotopic (exact) mass is 249 g/mol. The minimum Gasteiger partial charge on any atom is -0.317 e. The van der Waals surface area contributed by atoms with Gasteiger partial charge in [-0.15, -0.1) is 11.8 Å². The SMILES string of the molecule is CCCCC(Cc1ccc2c(c1)SCC2)NC. The second-order valence-electron chi connectivity index (χ2n) is 4.87. The van der Waals surface area contributed by atoms with Crippen molar-refractivity contribution in [2.75, 3.05) is 12.8 Å². The van der Waals surface area contributed by atoms with E-state index in [-0.39, 0.29) is 0 Å². The molecule has 1 aromatic rings. The third-order valence-electron chi connectivity index (χ3n) is 3.56. The molecule has 2 heteroatoms. The lowest BCUT2D eigenvalue weighted by Crippen LogP contribution is -2.27. The first-order valence-electron chi connectivity index (χ1n) is 6.75. The lowest BCUT2D eigenvalue weighted by molar-refractivity contribution is 0.498. The van der Waals surface area contributed by atoms with E-state index in [0.29, 0.717) is 6.04 Å². The zero-order valence-electron chi connectivity index (χ0n) is 11.0. The summed E-state index contributed by atoms with van der Waals surface area (Å²) < 4.78 is 0. The van der Waals surface area contributed by atoms with Gasteiger partial charge in [0, 0.05) is 16.7 Å². The molecular weight excluding hydrogens is 226 g/mol. The summed E-state index contributed by atoms with van der Waals surface area (Å²) >= 11 is 2.01. The third-order valence-corrected chi connectivity index (χ3v) is 4.66. The lowest BCUT2D eigenvalue weighted by Gasteiger charge is -2.16. The summed E-state index contributed by atoms with van der Waals surface area (Å²) in [4.78, 5) is 1.52. The van der Waals surface area contributed by atoms with E-state index in [4.69, 9.17) is 0 Å². The van der Waals surface area contributed by atoms with E-state index in [1.807, 2.05) is 11.8 Å². The maximum Gasteiger partial charge on any atom is 0.0107 e. The number of hydrogen-bond donors (Lipinski definition) is 1. The second-order valence-corrected chi connectivity index (χ2v) is 6.01. The van der Waals surface area contributed by atoms with Gasteiger partial charge in [0.05, 0.1) is 0 Å². The minimum absolute atomic E-state index is 0.638. The fourth-order valence-electron chi connectivity index (χ4n) is 2.42. The van der Waals surface area contributed by atoms with E-state index < -0.39 is 0 Å². The molecule has 1 aliphatic heterocycles. The van der Waals surface area contributed by atoms with Crippen molar-refractivity contribution >= 4 is 11.8 Å². The first-order valence-corrected chi connectivity index (χ1v) is 7.74. The topological polar surface area (TPSA) is 12.0 Å². The van der Waals surface area contributed by atoms with Crippen molar-refractivity contribution in [3.8, 4) is 0 Å². The van der Waals surface area contributed by atoms with Crippen molar-refractivity contribution in [3.63, 3.8) is 0 Å². The van der Waals surface area contributed by atoms with Gasteiger partial charge in [-0.2, -0.15) is 0 Å². The Morgan fingerprint density at radius 2 is 2.29 bits per heavy atom. The number of nitrogens with one attached hydrogen (secondary N) is 1. The number of hydrogen-bond acceptors (Lipinski definition) is 2. The van der Waals surface area contributed by atoms with Crippen LogP contribution in [-0.4, -0.2) is 18.8 Å². The number of likely N-dealkylation sites (N-methyl/N-ethyl adjacent to an activating group) is 1. The Hall–Kier alpha value is -0.470. The number of aryl methyl sites for hydroxylation is 1. The Morgan fingerprint density at radius 1 is 1.41 bits per heavy atom. The van der Waals surface area contributed by atoms with Crippen molar-refractivity contribution in [1.29, 1.82) is 0 Å². The first-order chi connectivity index (χ1) is 8.33. The summed E-state index contributed by atoms with van der Waals surface area (Å²) in [5, 5.41) is 3.45. The van der Waals surface area contributed by atoms with Gasteiger partial charge in [0.25, 0.3) is 0 Å². The molecule has 17 heavy (non-hydrogen) atoms. The number of benzene rings is 1. The molecule has 0 bridgehead atoms.